The van der Waals surface area contributed by atoms with Crippen molar-refractivity contribution < 1.29 is 0 Å². The van der Waals surface area contributed by atoms with Crippen LogP contribution in [-0.2, 0) is 6.42 Å². The maximum absolute atomic E-state index is 3.29. The Morgan fingerprint density at radius 3 is 2.92 bits per heavy atom. The second-order valence-electron chi connectivity index (χ2n) is 3.91. The summed E-state index contributed by atoms with van der Waals surface area (Å²) < 4.78 is 0. The smallest absolute Gasteiger partial charge is 0.00863 e. The average molecular weight is 195 g/mol. The van der Waals surface area contributed by atoms with E-state index in [4.69, 9.17) is 0 Å². The van der Waals surface area contributed by atoms with Gasteiger partial charge in [0, 0.05) is 16.3 Å². The zero-order valence-electron chi connectivity index (χ0n) is 8.61. The van der Waals surface area contributed by atoms with Gasteiger partial charge in [0.1, 0.15) is 0 Å². The van der Waals surface area contributed by atoms with Crippen LogP contribution in [0.4, 0.5) is 0 Å². The van der Waals surface area contributed by atoms with Crippen LogP contribution in [-0.4, -0.2) is 13.6 Å². The van der Waals surface area contributed by atoms with Crippen molar-refractivity contribution in [2.24, 2.45) is 0 Å². The second kappa shape index (κ2) is 3.43. The van der Waals surface area contributed by atoms with Crippen LogP contribution in [0.15, 0.2) is 0 Å². The molecule has 0 bridgehead atoms. The molecule has 0 saturated heterocycles. The van der Waals surface area contributed by atoms with Gasteiger partial charge in [-0.3, -0.25) is 0 Å². The summed E-state index contributed by atoms with van der Waals surface area (Å²) in [6.45, 7) is 5.66. The van der Waals surface area contributed by atoms with E-state index in [1.165, 1.54) is 17.7 Å². The fourth-order valence-electron chi connectivity index (χ4n) is 2.33. The van der Waals surface area contributed by atoms with Gasteiger partial charge in [0.05, 0.1) is 0 Å². The molecule has 72 valence electrons. The fourth-order valence-corrected chi connectivity index (χ4v) is 3.62. The van der Waals surface area contributed by atoms with Crippen LogP contribution in [0.2, 0.25) is 0 Å². The molecule has 0 saturated carbocycles. The van der Waals surface area contributed by atoms with Gasteiger partial charge in [0.25, 0.3) is 0 Å². The molecule has 0 spiro atoms. The molecule has 1 nitrogen and oxygen atoms in total. The standard InChI is InChI=1S/C11H17NS/c1-7-8(2)13-10-5-4-9(6-12-3)11(7)10/h9,12H,4-6H2,1-3H3. The van der Waals surface area contributed by atoms with E-state index in [0.717, 1.165) is 12.5 Å². The Hall–Kier alpha value is -0.340. The minimum Gasteiger partial charge on any atom is -0.319 e. The summed E-state index contributed by atoms with van der Waals surface area (Å²) in [4.78, 5) is 3.17. The van der Waals surface area contributed by atoms with Gasteiger partial charge in [-0.25, -0.2) is 0 Å². The van der Waals surface area contributed by atoms with Crippen molar-refractivity contribution in [2.75, 3.05) is 13.6 Å². The van der Waals surface area contributed by atoms with Crippen molar-refractivity contribution in [1.82, 2.24) is 5.32 Å². The Morgan fingerprint density at radius 1 is 1.46 bits per heavy atom. The van der Waals surface area contributed by atoms with Gasteiger partial charge < -0.3 is 5.32 Å². The van der Waals surface area contributed by atoms with Gasteiger partial charge in [0.2, 0.25) is 0 Å². The molecule has 1 atom stereocenters. The topological polar surface area (TPSA) is 12.0 Å². The van der Waals surface area contributed by atoms with Crippen molar-refractivity contribution in [1.29, 1.82) is 0 Å². The van der Waals surface area contributed by atoms with E-state index < -0.39 is 0 Å². The van der Waals surface area contributed by atoms with Crippen LogP contribution in [0.5, 0.6) is 0 Å². The molecule has 2 heteroatoms. The van der Waals surface area contributed by atoms with E-state index in [1.54, 1.807) is 16.0 Å². The quantitative estimate of drug-likeness (QED) is 0.765. The van der Waals surface area contributed by atoms with Crippen molar-refractivity contribution in [3.63, 3.8) is 0 Å². The van der Waals surface area contributed by atoms with E-state index >= 15 is 0 Å². The largest absolute Gasteiger partial charge is 0.319 e. The summed E-state index contributed by atoms with van der Waals surface area (Å²) in [6.07, 6.45) is 2.66. The monoisotopic (exact) mass is 195 g/mol. The number of nitrogens with one attached hydrogen (secondary N) is 1. The van der Waals surface area contributed by atoms with E-state index in [0.29, 0.717) is 0 Å². The molecule has 0 radical (unpaired) electrons. The lowest BCUT2D eigenvalue weighted by atomic mass is 9.99. The molecule has 1 aromatic rings. The Kier molecular flexibility index (Phi) is 2.43. The van der Waals surface area contributed by atoms with E-state index in [1.807, 2.05) is 18.4 Å². The lowest BCUT2D eigenvalue weighted by Gasteiger charge is -2.10. The highest BCUT2D eigenvalue weighted by atomic mass is 32.1. The number of thiophene rings is 1. The third-order valence-corrected chi connectivity index (χ3v) is 4.37. The first-order chi connectivity index (χ1) is 6.24. The lowest BCUT2D eigenvalue weighted by Crippen LogP contribution is -2.15. The van der Waals surface area contributed by atoms with Crippen LogP contribution in [0.3, 0.4) is 0 Å². The Balaban J connectivity index is 2.34. The zero-order chi connectivity index (χ0) is 9.42. The summed E-state index contributed by atoms with van der Waals surface area (Å²) in [7, 11) is 2.05. The highest BCUT2D eigenvalue weighted by molar-refractivity contribution is 7.12. The zero-order valence-corrected chi connectivity index (χ0v) is 9.42. The summed E-state index contributed by atoms with van der Waals surface area (Å²) in [5.41, 5.74) is 3.22. The second-order valence-corrected chi connectivity index (χ2v) is 5.22. The van der Waals surface area contributed by atoms with Gasteiger partial charge in [0.15, 0.2) is 0 Å². The summed E-state index contributed by atoms with van der Waals surface area (Å²) in [6, 6.07) is 0. The van der Waals surface area contributed by atoms with Crippen molar-refractivity contribution in [2.45, 2.75) is 32.6 Å². The SMILES string of the molecule is CNCC1CCc2sc(C)c(C)c21. The minimum absolute atomic E-state index is 0.782. The first kappa shape index (κ1) is 9.22. The number of fused-ring (bicyclic) bond motifs is 1. The van der Waals surface area contributed by atoms with Crippen LogP contribution in [0, 0.1) is 13.8 Å². The van der Waals surface area contributed by atoms with Crippen LogP contribution in [0.25, 0.3) is 0 Å². The van der Waals surface area contributed by atoms with Crippen molar-refractivity contribution in [3.05, 3.63) is 20.9 Å². The fraction of sp³-hybridized carbons (Fsp3) is 0.636. The first-order valence-corrected chi connectivity index (χ1v) is 5.79. The Morgan fingerprint density at radius 2 is 2.23 bits per heavy atom. The van der Waals surface area contributed by atoms with Gasteiger partial charge in [-0.1, -0.05) is 0 Å². The average Bonchev–Trinajstić information content (AvgIpc) is 2.58. The maximum Gasteiger partial charge on any atom is 0.00863 e. The summed E-state index contributed by atoms with van der Waals surface area (Å²) in [5.74, 6) is 0.782. The molecule has 0 aliphatic heterocycles. The number of rotatable bonds is 2. The van der Waals surface area contributed by atoms with Crippen molar-refractivity contribution >= 4 is 11.3 Å². The number of hydrogen-bond acceptors (Lipinski definition) is 2. The molecule has 13 heavy (non-hydrogen) atoms. The van der Waals surface area contributed by atoms with Gasteiger partial charge in [-0.2, -0.15) is 0 Å². The van der Waals surface area contributed by atoms with Crippen LogP contribution < -0.4 is 5.32 Å². The maximum atomic E-state index is 3.29. The van der Waals surface area contributed by atoms with Crippen LogP contribution in [0.1, 0.15) is 33.2 Å². The molecule has 1 aromatic heterocycles. The first-order valence-electron chi connectivity index (χ1n) is 4.97. The van der Waals surface area contributed by atoms with E-state index in [-0.39, 0.29) is 0 Å². The number of aryl methyl sites for hydroxylation is 2. The molecule has 0 aromatic carbocycles. The lowest BCUT2D eigenvalue weighted by molar-refractivity contribution is 0.621. The predicted molar refractivity (Wildman–Crippen MR) is 58.8 cm³/mol. The molecule has 1 aliphatic rings. The normalized spacial score (nSPS) is 20.7. The molecular formula is C11H17NS. The van der Waals surface area contributed by atoms with Gasteiger partial charge >= 0.3 is 0 Å². The molecular weight excluding hydrogens is 178 g/mol. The highest BCUT2D eigenvalue weighted by Gasteiger charge is 2.26. The third-order valence-electron chi connectivity index (χ3n) is 3.09. The third kappa shape index (κ3) is 1.42. The summed E-state index contributed by atoms with van der Waals surface area (Å²) in [5, 5.41) is 3.29. The minimum atomic E-state index is 0.782. The molecule has 0 fully saturated rings. The molecule has 2 rings (SSSR count). The molecule has 1 aliphatic carbocycles. The molecule has 1 unspecified atom stereocenters. The van der Waals surface area contributed by atoms with Gasteiger partial charge in [-0.15, -0.1) is 11.3 Å². The number of hydrogen-bond donors (Lipinski definition) is 1. The van der Waals surface area contributed by atoms with E-state index in [9.17, 15) is 0 Å². The highest BCUT2D eigenvalue weighted by Crippen LogP contribution is 2.41. The molecule has 0 amide bonds. The Bertz CT molecular complexity index is 314. The Labute approximate surface area is 84.2 Å². The molecule has 1 N–H and O–H groups in total. The van der Waals surface area contributed by atoms with E-state index in [2.05, 4.69) is 19.2 Å². The van der Waals surface area contributed by atoms with Crippen molar-refractivity contribution in [3.8, 4) is 0 Å². The predicted octanol–water partition coefficient (Wildman–Crippen LogP) is 2.61. The van der Waals surface area contributed by atoms with Crippen LogP contribution >= 0.6 is 11.3 Å². The number of likely N-dealkylation sites (N-methyl/N-ethyl adjacent to an activating group) is 1. The summed E-state index contributed by atoms with van der Waals surface area (Å²) >= 11 is 2.01. The van der Waals surface area contributed by atoms with Gasteiger partial charge in [-0.05, 0) is 50.8 Å². The molecule has 1 heterocycles.